The molecule has 0 spiro atoms. The van der Waals surface area contributed by atoms with E-state index in [0.29, 0.717) is 0 Å². The quantitative estimate of drug-likeness (QED) is 0.830. The van der Waals surface area contributed by atoms with Crippen molar-refractivity contribution in [3.63, 3.8) is 0 Å². The molecule has 12 heavy (non-hydrogen) atoms. The Balaban J connectivity index is 2.29. The van der Waals surface area contributed by atoms with Gasteiger partial charge in [0.2, 0.25) is 0 Å². The zero-order valence-electron chi connectivity index (χ0n) is 6.50. The third-order valence-corrected chi connectivity index (χ3v) is 2.66. The number of nitrogens with zero attached hydrogens (tertiary/aromatic N) is 2. The monoisotopic (exact) mass is 228 g/mol. The lowest BCUT2D eigenvalue weighted by Gasteiger charge is -2.08. The van der Waals surface area contributed by atoms with Crippen LogP contribution in [0.5, 0.6) is 0 Å². The van der Waals surface area contributed by atoms with E-state index in [2.05, 4.69) is 25.9 Å². The molecular formula is C8H9BrN2O. The lowest BCUT2D eigenvalue weighted by molar-refractivity contribution is 0.249. The van der Waals surface area contributed by atoms with Crippen molar-refractivity contribution in [3.05, 3.63) is 22.7 Å². The van der Waals surface area contributed by atoms with Gasteiger partial charge < -0.3 is 5.11 Å². The topological polar surface area (TPSA) is 46.0 Å². The molecule has 0 amide bonds. The molecule has 1 saturated carbocycles. The first-order chi connectivity index (χ1) is 5.77. The van der Waals surface area contributed by atoms with Crippen molar-refractivity contribution < 1.29 is 5.11 Å². The zero-order chi connectivity index (χ0) is 8.60. The molecule has 1 fully saturated rings. The molecule has 0 saturated heterocycles. The van der Waals surface area contributed by atoms with Gasteiger partial charge in [-0.1, -0.05) is 0 Å². The van der Waals surface area contributed by atoms with Crippen molar-refractivity contribution in [1.29, 1.82) is 0 Å². The summed E-state index contributed by atoms with van der Waals surface area (Å²) in [6.45, 7) is 0.161. The molecule has 1 aromatic rings. The summed E-state index contributed by atoms with van der Waals surface area (Å²) in [5.74, 6) is 0.771. The van der Waals surface area contributed by atoms with E-state index in [1.54, 1.807) is 12.4 Å². The fourth-order valence-electron chi connectivity index (χ4n) is 1.19. The van der Waals surface area contributed by atoms with Gasteiger partial charge in [-0.25, -0.2) is 9.97 Å². The van der Waals surface area contributed by atoms with Crippen LogP contribution in [0.25, 0.3) is 0 Å². The second-order valence-corrected chi connectivity index (χ2v) is 4.08. The Hall–Kier alpha value is -0.480. The standard InChI is InChI=1S/C8H9BrN2O/c9-6-3-10-7(11-4-6)8(5-12)1-2-8/h3-4,12H,1-2,5H2. The molecule has 0 aromatic carbocycles. The molecule has 3 nitrogen and oxygen atoms in total. The van der Waals surface area contributed by atoms with Crippen molar-refractivity contribution in [2.45, 2.75) is 18.3 Å². The maximum atomic E-state index is 9.09. The van der Waals surface area contributed by atoms with Gasteiger partial charge in [-0.15, -0.1) is 0 Å². The van der Waals surface area contributed by atoms with Crippen LogP contribution in [0.2, 0.25) is 0 Å². The fraction of sp³-hybridized carbons (Fsp3) is 0.500. The van der Waals surface area contributed by atoms with E-state index in [1.165, 1.54) is 0 Å². The van der Waals surface area contributed by atoms with Crippen LogP contribution in [-0.4, -0.2) is 21.7 Å². The van der Waals surface area contributed by atoms with Gasteiger partial charge in [-0.05, 0) is 28.8 Å². The van der Waals surface area contributed by atoms with Crippen molar-refractivity contribution in [1.82, 2.24) is 9.97 Å². The number of aliphatic hydroxyl groups excluding tert-OH is 1. The molecule has 1 heterocycles. The number of hydrogen-bond acceptors (Lipinski definition) is 3. The van der Waals surface area contributed by atoms with Gasteiger partial charge in [0.25, 0.3) is 0 Å². The summed E-state index contributed by atoms with van der Waals surface area (Å²) in [4.78, 5) is 8.33. The van der Waals surface area contributed by atoms with Crippen LogP contribution >= 0.6 is 15.9 Å². The number of rotatable bonds is 2. The maximum Gasteiger partial charge on any atom is 0.136 e. The van der Waals surface area contributed by atoms with Gasteiger partial charge in [0.15, 0.2) is 0 Å². The average Bonchev–Trinajstić information content (AvgIpc) is 2.86. The number of hydrogen-bond donors (Lipinski definition) is 1. The molecule has 0 radical (unpaired) electrons. The van der Waals surface area contributed by atoms with E-state index in [9.17, 15) is 0 Å². The smallest absolute Gasteiger partial charge is 0.136 e. The summed E-state index contributed by atoms with van der Waals surface area (Å²) in [5.41, 5.74) is -0.110. The van der Waals surface area contributed by atoms with Crippen LogP contribution in [-0.2, 0) is 5.41 Å². The van der Waals surface area contributed by atoms with E-state index in [4.69, 9.17) is 5.11 Å². The van der Waals surface area contributed by atoms with Gasteiger partial charge in [0.1, 0.15) is 5.82 Å². The Morgan fingerprint density at radius 1 is 1.42 bits per heavy atom. The molecule has 1 N–H and O–H groups in total. The van der Waals surface area contributed by atoms with Gasteiger partial charge in [0.05, 0.1) is 16.5 Å². The normalized spacial score (nSPS) is 19.2. The van der Waals surface area contributed by atoms with Gasteiger partial charge in [-0.3, -0.25) is 0 Å². The Labute approximate surface area is 79.0 Å². The van der Waals surface area contributed by atoms with E-state index in [-0.39, 0.29) is 12.0 Å². The van der Waals surface area contributed by atoms with Crippen LogP contribution in [0.4, 0.5) is 0 Å². The summed E-state index contributed by atoms with van der Waals surface area (Å²) in [5, 5.41) is 9.09. The SMILES string of the molecule is OCC1(c2ncc(Br)cn2)CC1. The molecule has 4 heteroatoms. The fourth-order valence-corrected chi connectivity index (χ4v) is 1.39. The van der Waals surface area contributed by atoms with Crippen LogP contribution in [0.3, 0.4) is 0 Å². The molecule has 0 aliphatic heterocycles. The number of aromatic nitrogens is 2. The number of aliphatic hydroxyl groups is 1. The molecule has 0 bridgehead atoms. The van der Waals surface area contributed by atoms with E-state index >= 15 is 0 Å². The second-order valence-electron chi connectivity index (χ2n) is 3.16. The average molecular weight is 229 g/mol. The lowest BCUT2D eigenvalue weighted by Crippen LogP contribution is -2.15. The third-order valence-electron chi connectivity index (χ3n) is 2.25. The first-order valence-electron chi connectivity index (χ1n) is 3.86. The molecule has 1 aromatic heterocycles. The van der Waals surface area contributed by atoms with Gasteiger partial charge >= 0.3 is 0 Å². The van der Waals surface area contributed by atoms with Gasteiger partial charge in [0, 0.05) is 12.4 Å². The van der Waals surface area contributed by atoms with Crippen molar-refractivity contribution in [3.8, 4) is 0 Å². The van der Waals surface area contributed by atoms with E-state index in [0.717, 1.165) is 23.1 Å². The molecule has 64 valence electrons. The summed E-state index contributed by atoms with van der Waals surface area (Å²) in [7, 11) is 0. The maximum absolute atomic E-state index is 9.09. The zero-order valence-corrected chi connectivity index (χ0v) is 8.08. The minimum absolute atomic E-state index is 0.110. The Morgan fingerprint density at radius 2 is 2.00 bits per heavy atom. The largest absolute Gasteiger partial charge is 0.395 e. The first-order valence-corrected chi connectivity index (χ1v) is 4.65. The highest BCUT2D eigenvalue weighted by atomic mass is 79.9. The highest BCUT2D eigenvalue weighted by Crippen LogP contribution is 2.45. The van der Waals surface area contributed by atoms with Crippen LogP contribution in [0.15, 0.2) is 16.9 Å². The summed E-state index contributed by atoms with van der Waals surface area (Å²) < 4.78 is 0.875. The molecule has 2 rings (SSSR count). The third kappa shape index (κ3) is 1.25. The Morgan fingerprint density at radius 3 is 2.42 bits per heavy atom. The van der Waals surface area contributed by atoms with Crippen LogP contribution < -0.4 is 0 Å². The van der Waals surface area contributed by atoms with Gasteiger partial charge in [-0.2, -0.15) is 0 Å². The lowest BCUT2D eigenvalue weighted by atomic mass is 10.1. The van der Waals surface area contributed by atoms with E-state index in [1.807, 2.05) is 0 Å². The predicted molar refractivity (Wildman–Crippen MR) is 47.7 cm³/mol. The van der Waals surface area contributed by atoms with Crippen LogP contribution in [0, 0.1) is 0 Å². The summed E-state index contributed by atoms with van der Waals surface area (Å²) in [6, 6.07) is 0. The summed E-state index contributed by atoms with van der Waals surface area (Å²) >= 11 is 3.27. The van der Waals surface area contributed by atoms with Crippen molar-refractivity contribution in [2.75, 3.05) is 6.61 Å². The Bertz CT molecular complexity index is 282. The minimum Gasteiger partial charge on any atom is -0.395 e. The predicted octanol–water partition coefficient (Wildman–Crippen LogP) is 1.26. The molecule has 0 unspecified atom stereocenters. The van der Waals surface area contributed by atoms with Crippen molar-refractivity contribution >= 4 is 15.9 Å². The molecule has 1 aliphatic rings. The summed E-state index contributed by atoms with van der Waals surface area (Å²) in [6.07, 6.45) is 5.45. The number of halogens is 1. The molecular weight excluding hydrogens is 220 g/mol. The molecule has 0 atom stereocenters. The highest BCUT2D eigenvalue weighted by Gasteiger charge is 2.46. The minimum atomic E-state index is -0.110. The van der Waals surface area contributed by atoms with Crippen molar-refractivity contribution in [2.24, 2.45) is 0 Å². The highest BCUT2D eigenvalue weighted by molar-refractivity contribution is 9.10. The second kappa shape index (κ2) is 2.78. The Kier molecular flexibility index (Phi) is 1.88. The first kappa shape index (κ1) is 8.13. The van der Waals surface area contributed by atoms with E-state index < -0.39 is 0 Å². The molecule has 1 aliphatic carbocycles. The van der Waals surface area contributed by atoms with Crippen LogP contribution in [0.1, 0.15) is 18.7 Å².